The average molecular weight is 304 g/mol. The van der Waals surface area contributed by atoms with Crippen LogP contribution in [0.4, 0.5) is 4.39 Å². The van der Waals surface area contributed by atoms with Crippen LogP contribution in [0.1, 0.15) is 24.2 Å². The van der Waals surface area contributed by atoms with Crippen LogP contribution >= 0.6 is 0 Å². The van der Waals surface area contributed by atoms with Crippen molar-refractivity contribution in [2.75, 3.05) is 13.2 Å². The topological polar surface area (TPSA) is 53.3 Å². The number of nitrogens with zero attached hydrogens (tertiary/aromatic N) is 2. The van der Waals surface area contributed by atoms with Gasteiger partial charge >= 0.3 is 5.97 Å². The molecule has 0 unspecified atom stereocenters. The first-order valence-corrected chi connectivity index (χ1v) is 7.27. The van der Waals surface area contributed by atoms with Crippen molar-refractivity contribution in [2.45, 2.75) is 20.4 Å². The molecule has 2 aromatic rings. The first kappa shape index (κ1) is 14.6. The van der Waals surface area contributed by atoms with E-state index < -0.39 is 11.8 Å². The number of esters is 1. The fourth-order valence-corrected chi connectivity index (χ4v) is 2.52. The Labute approximate surface area is 127 Å². The molecule has 0 fully saturated rings. The summed E-state index contributed by atoms with van der Waals surface area (Å²) in [6.07, 6.45) is 0. The van der Waals surface area contributed by atoms with Crippen LogP contribution in [0.2, 0.25) is 0 Å². The number of rotatable bonds is 3. The minimum atomic E-state index is -0.545. The van der Waals surface area contributed by atoms with E-state index in [9.17, 15) is 9.18 Å². The molecule has 0 spiro atoms. The summed E-state index contributed by atoms with van der Waals surface area (Å²) in [4.78, 5) is 12.3. The number of hydrogen-bond acceptors (Lipinski definition) is 4. The maximum Gasteiger partial charge on any atom is 0.345 e. The Balaban J connectivity index is 2.17. The van der Waals surface area contributed by atoms with Gasteiger partial charge in [-0.25, -0.2) is 13.9 Å². The van der Waals surface area contributed by atoms with E-state index in [4.69, 9.17) is 9.47 Å². The van der Waals surface area contributed by atoms with Crippen LogP contribution in [0.3, 0.4) is 0 Å². The third kappa shape index (κ3) is 2.45. The van der Waals surface area contributed by atoms with Crippen molar-refractivity contribution in [3.8, 4) is 17.1 Å². The minimum Gasteiger partial charge on any atom is -0.477 e. The zero-order valence-electron chi connectivity index (χ0n) is 12.5. The number of halogens is 1. The Morgan fingerprint density at radius 1 is 1.50 bits per heavy atom. The summed E-state index contributed by atoms with van der Waals surface area (Å²) >= 11 is 0. The van der Waals surface area contributed by atoms with Gasteiger partial charge < -0.3 is 9.47 Å². The normalized spacial score (nSPS) is 16.8. The van der Waals surface area contributed by atoms with E-state index in [0.29, 0.717) is 19.0 Å². The molecule has 3 rings (SSSR count). The van der Waals surface area contributed by atoms with Crippen LogP contribution in [-0.4, -0.2) is 29.0 Å². The van der Waals surface area contributed by atoms with E-state index in [1.54, 1.807) is 29.8 Å². The van der Waals surface area contributed by atoms with Crippen molar-refractivity contribution >= 4 is 5.97 Å². The van der Waals surface area contributed by atoms with E-state index in [1.807, 2.05) is 6.92 Å². The molecule has 1 aromatic heterocycles. The van der Waals surface area contributed by atoms with Crippen LogP contribution in [-0.2, 0) is 11.3 Å². The second-order valence-electron chi connectivity index (χ2n) is 5.33. The fourth-order valence-electron chi connectivity index (χ4n) is 2.52. The molecular weight excluding hydrogens is 287 g/mol. The molecule has 1 atom stereocenters. The highest BCUT2D eigenvalue weighted by molar-refractivity contribution is 5.98. The number of aromatic nitrogens is 2. The molecule has 0 radical (unpaired) electrons. The summed E-state index contributed by atoms with van der Waals surface area (Å²) in [5, 5.41) is 4.39. The van der Waals surface area contributed by atoms with Crippen LogP contribution in [0.25, 0.3) is 11.3 Å². The Bertz CT molecular complexity index is 711. The Morgan fingerprint density at radius 2 is 2.27 bits per heavy atom. The third-order valence-corrected chi connectivity index (χ3v) is 3.50. The highest BCUT2D eigenvalue weighted by Crippen LogP contribution is 2.35. The first-order valence-electron chi connectivity index (χ1n) is 7.27. The van der Waals surface area contributed by atoms with Crippen molar-refractivity contribution in [3.05, 3.63) is 35.6 Å². The lowest BCUT2D eigenvalue weighted by Crippen LogP contribution is -2.24. The average Bonchev–Trinajstić information content (AvgIpc) is 2.86. The summed E-state index contributed by atoms with van der Waals surface area (Å²) in [5.41, 5.74) is 0.725. The van der Waals surface area contributed by atoms with Crippen LogP contribution in [0.15, 0.2) is 24.3 Å². The highest BCUT2D eigenvalue weighted by Gasteiger charge is 2.31. The highest BCUT2D eigenvalue weighted by atomic mass is 19.1. The molecule has 116 valence electrons. The molecule has 0 amide bonds. The van der Waals surface area contributed by atoms with Crippen LogP contribution in [0.5, 0.6) is 5.88 Å². The van der Waals surface area contributed by atoms with E-state index in [2.05, 4.69) is 5.10 Å². The molecule has 1 aromatic carbocycles. The lowest BCUT2D eigenvalue weighted by atomic mass is 10.1. The number of hydrogen-bond donors (Lipinski definition) is 0. The molecular formula is C16H17FN2O3. The van der Waals surface area contributed by atoms with Gasteiger partial charge in [0.2, 0.25) is 5.88 Å². The van der Waals surface area contributed by atoms with Gasteiger partial charge in [-0.3, -0.25) is 0 Å². The number of benzene rings is 1. The maximum atomic E-state index is 14.1. The van der Waals surface area contributed by atoms with Crippen molar-refractivity contribution in [3.63, 3.8) is 0 Å². The second-order valence-corrected chi connectivity index (χ2v) is 5.33. The molecule has 6 heteroatoms. The van der Waals surface area contributed by atoms with Gasteiger partial charge in [0.15, 0.2) is 0 Å². The molecule has 0 aliphatic carbocycles. The molecule has 0 N–H and O–H groups in total. The molecule has 1 aliphatic heterocycles. The molecule has 0 saturated carbocycles. The van der Waals surface area contributed by atoms with Crippen molar-refractivity contribution in [2.24, 2.45) is 5.92 Å². The standard InChI is InChI=1S/C16H17FN2O3/c1-3-21-16(20)13-14(11-6-4-5-7-12(11)17)18-19-8-10(2)9-22-15(13)19/h4-7,10H,3,8-9H2,1-2H3/t10-/m0/s1. The predicted molar refractivity (Wildman–Crippen MR) is 78.2 cm³/mol. The molecule has 5 nitrogen and oxygen atoms in total. The van der Waals surface area contributed by atoms with Gasteiger partial charge in [0.25, 0.3) is 0 Å². The Hall–Kier alpha value is -2.37. The van der Waals surface area contributed by atoms with Gasteiger partial charge in [-0.1, -0.05) is 19.1 Å². The third-order valence-electron chi connectivity index (χ3n) is 3.50. The maximum absolute atomic E-state index is 14.1. The number of carbonyl (C=O) groups excluding carboxylic acids is 1. The zero-order chi connectivity index (χ0) is 15.7. The van der Waals surface area contributed by atoms with Gasteiger partial charge in [-0.15, -0.1) is 0 Å². The van der Waals surface area contributed by atoms with E-state index in [0.717, 1.165) is 0 Å². The van der Waals surface area contributed by atoms with Crippen molar-refractivity contribution in [1.82, 2.24) is 9.78 Å². The molecule has 2 heterocycles. The number of carbonyl (C=O) groups is 1. The Morgan fingerprint density at radius 3 is 3.00 bits per heavy atom. The van der Waals surface area contributed by atoms with Gasteiger partial charge in [-0.05, 0) is 19.1 Å². The van der Waals surface area contributed by atoms with E-state index >= 15 is 0 Å². The SMILES string of the molecule is CCOC(=O)c1c(-c2ccccc2F)nn2c1OC[C@@H](C)C2. The second kappa shape index (κ2) is 5.79. The van der Waals surface area contributed by atoms with E-state index in [-0.39, 0.29) is 29.3 Å². The predicted octanol–water partition coefficient (Wildman–Crippen LogP) is 2.89. The molecule has 0 saturated heterocycles. The molecule has 22 heavy (non-hydrogen) atoms. The monoisotopic (exact) mass is 304 g/mol. The van der Waals surface area contributed by atoms with Crippen molar-refractivity contribution in [1.29, 1.82) is 0 Å². The van der Waals surface area contributed by atoms with Gasteiger partial charge in [0.05, 0.1) is 19.8 Å². The largest absolute Gasteiger partial charge is 0.477 e. The number of fused-ring (bicyclic) bond motifs is 1. The summed E-state index contributed by atoms with van der Waals surface area (Å²) in [6, 6.07) is 6.23. The van der Waals surface area contributed by atoms with E-state index in [1.165, 1.54) is 6.07 Å². The van der Waals surface area contributed by atoms with Gasteiger partial charge in [0, 0.05) is 11.5 Å². The minimum absolute atomic E-state index is 0.193. The molecule has 0 bridgehead atoms. The lowest BCUT2D eigenvalue weighted by molar-refractivity contribution is 0.0518. The zero-order valence-corrected chi connectivity index (χ0v) is 12.5. The first-order chi connectivity index (χ1) is 10.6. The smallest absolute Gasteiger partial charge is 0.345 e. The quantitative estimate of drug-likeness (QED) is 0.818. The summed E-state index contributed by atoms with van der Waals surface area (Å²) < 4.78 is 26.5. The van der Waals surface area contributed by atoms with Gasteiger partial charge in [-0.2, -0.15) is 5.10 Å². The summed E-state index contributed by atoms with van der Waals surface area (Å²) in [5.74, 6) is -0.348. The summed E-state index contributed by atoms with van der Waals surface area (Å²) in [6.45, 7) is 5.10. The lowest BCUT2D eigenvalue weighted by Gasteiger charge is -2.21. The van der Waals surface area contributed by atoms with Gasteiger partial charge in [0.1, 0.15) is 17.1 Å². The number of ether oxygens (including phenoxy) is 2. The fraction of sp³-hybridized carbons (Fsp3) is 0.375. The molecule has 1 aliphatic rings. The van der Waals surface area contributed by atoms with Crippen LogP contribution in [0, 0.1) is 11.7 Å². The Kier molecular flexibility index (Phi) is 3.83. The van der Waals surface area contributed by atoms with Crippen molar-refractivity contribution < 1.29 is 18.7 Å². The summed E-state index contributed by atoms with van der Waals surface area (Å²) in [7, 11) is 0. The van der Waals surface area contributed by atoms with Crippen LogP contribution < -0.4 is 4.74 Å².